The summed E-state index contributed by atoms with van der Waals surface area (Å²) in [4.78, 5) is 11.5. The molecule has 0 radical (unpaired) electrons. The highest BCUT2D eigenvalue weighted by atomic mass is 35.5. The quantitative estimate of drug-likeness (QED) is 0.586. The van der Waals surface area contributed by atoms with Gasteiger partial charge in [0.1, 0.15) is 12.4 Å². The van der Waals surface area contributed by atoms with Crippen molar-refractivity contribution in [2.45, 2.75) is 6.92 Å². The first kappa shape index (κ1) is 12.6. The summed E-state index contributed by atoms with van der Waals surface area (Å²) >= 11 is 6.02. The van der Waals surface area contributed by atoms with Gasteiger partial charge < -0.3 is 9.47 Å². The predicted octanol–water partition coefficient (Wildman–Crippen LogP) is 3.08. The molecule has 0 heterocycles. The van der Waals surface area contributed by atoms with Gasteiger partial charge in [-0.3, -0.25) is 0 Å². The number of ether oxygens (including phenoxy) is 2. The number of esters is 1. The fraction of sp³-hybridized carbons (Fsp3) is 0.250. The molecule has 4 heteroatoms. The normalized spacial score (nSPS) is 9.62. The van der Waals surface area contributed by atoms with E-state index in [1.54, 1.807) is 31.2 Å². The van der Waals surface area contributed by atoms with Gasteiger partial charge in [0.15, 0.2) is 0 Å². The van der Waals surface area contributed by atoms with E-state index in [1.165, 1.54) is 0 Å². The van der Waals surface area contributed by atoms with Gasteiger partial charge in [0.05, 0.1) is 17.2 Å². The minimum Gasteiger partial charge on any atom is -0.488 e. The molecule has 0 unspecified atom stereocenters. The first-order chi connectivity index (χ1) is 7.70. The molecule has 0 aliphatic heterocycles. The molecule has 0 bridgehead atoms. The van der Waals surface area contributed by atoms with Gasteiger partial charge in [-0.15, -0.1) is 0 Å². The topological polar surface area (TPSA) is 35.5 Å². The molecule has 1 aromatic rings. The summed E-state index contributed by atoms with van der Waals surface area (Å²) < 4.78 is 10.2. The zero-order valence-corrected chi connectivity index (χ0v) is 9.79. The largest absolute Gasteiger partial charge is 0.488 e. The SMILES string of the molecule is C=CCOc1cccc(C(=O)OCC)c1Cl. The van der Waals surface area contributed by atoms with Crippen LogP contribution in [0.3, 0.4) is 0 Å². The Morgan fingerprint density at radius 2 is 2.31 bits per heavy atom. The van der Waals surface area contributed by atoms with Gasteiger partial charge in [-0.2, -0.15) is 0 Å². The number of carbonyl (C=O) groups is 1. The van der Waals surface area contributed by atoms with Gasteiger partial charge in [-0.1, -0.05) is 30.3 Å². The predicted molar refractivity (Wildman–Crippen MR) is 63.1 cm³/mol. The maximum absolute atomic E-state index is 11.5. The van der Waals surface area contributed by atoms with Crippen molar-refractivity contribution >= 4 is 17.6 Å². The number of carbonyl (C=O) groups excluding carboxylic acids is 1. The van der Waals surface area contributed by atoms with Gasteiger partial charge in [0, 0.05) is 0 Å². The van der Waals surface area contributed by atoms with E-state index in [2.05, 4.69) is 6.58 Å². The van der Waals surface area contributed by atoms with Gasteiger partial charge in [0.2, 0.25) is 0 Å². The molecule has 0 amide bonds. The van der Waals surface area contributed by atoms with E-state index in [0.29, 0.717) is 24.5 Å². The molecular formula is C12H13ClO3. The van der Waals surface area contributed by atoms with E-state index in [1.807, 2.05) is 0 Å². The van der Waals surface area contributed by atoms with Crippen LogP contribution in [0, 0.1) is 0 Å². The fourth-order valence-electron chi connectivity index (χ4n) is 1.14. The standard InChI is InChI=1S/C12H13ClO3/c1-3-8-16-10-7-5-6-9(11(10)13)12(14)15-4-2/h3,5-7H,1,4,8H2,2H3. The number of rotatable bonds is 5. The zero-order valence-electron chi connectivity index (χ0n) is 9.03. The average molecular weight is 241 g/mol. The second kappa shape index (κ2) is 6.18. The Bertz CT molecular complexity index is 388. The van der Waals surface area contributed by atoms with E-state index in [4.69, 9.17) is 21.1 Å². The van der Waals surface area contributed by atoms with E-state index in [9.17, 15) is 4.79 Å². The molecule has 0 saturated heterocycles. The summed E-state index contributed by atoms with van der Waals surface area (Å²) in [6, 6.07) is 4.98. The number of hydrogen-bond donors (Lipinski definition) is 0. The minimum atomic E-state index is -0.448. The van der Waals surface area contributed by atoms with Crippen molar-refractivity contribution < 1.29 is 14.3 Å². The van der Waals surface area contributed by atoms with Gasteiger partial charge in [0.25, 0.3) is 0 Å². The lowest BCUT2D eigenvalue weighted by atomic mass is 10.2. The van der Waals surface area contributed by atoms with Crippen molar-refractivity contribution in [2.24, 2.45) is 0 Å². The molecule has 0 saturated carbocycles. The minimum absolute atomic E-state index is 0.266. The summed E-state index contributed by atoms with van der Waals surface area (Å²) in [6.07, 6.45) is 1.60. The summed E-state index contributed by atoms with van der Waals surface area (Å²) in [5.74, 6) is 0.00340. The molecule has 86 valence electrons. The van der Waals surface area contributed by atoms with Gasteiger partial charge >= 0.3 is 5.97 Å². The highest BCUT2D eigenvalue weighted by molar-refractivity contribution is 6.35. The third kappa shape index (κ3) is 3.00. The maximum atomic E-state index is 11.5. The molecular weight excluding hydrogens is 228 g/mol. The zero-order chi connectivity index (χ0) is 12.0. The van der Waals surface area contributed by atoms with Gasteiger partial charge in [-0.05, 0) is 19.1 Å². The second-order valence-electron chi connectivity index (χ2n) is 2.94. The maximum Gasteiger partial charge on any atom is 0.339 e. The first-order valence-corrected chi connectivity index (χ1v) is 5.27. The van der Waals surface area contributed by atoms with Crippen LogP contribution in [0.5, 0.6) is 5.75 Å². The van der Waals surface area contributed by atoms with E-state index < -0.39 is 5.97 Å². The van der Waals surface area contributed by atoms with Crippen LogP contribution < -0.4 is 4.74 Å². The molecule has 1 rings (SSSR count). The van der Waals surface area contributed by atoms with Crippen LogP contribution in [-0.4, -0.2) is 19.2 Å². The Kier molecular flexibility index (Phi) is 4.86. The van der Waals surface area contributed by atoms with Crippen LogP contribution in [0.1, 0.15) is 17.3 Å². The average Bonchev–Trinajstić information content (AvgIpc) is 2.28. The molecule has 0 aromatic heterocycles. The molecule has 16 heavy (non-hydrogen) atoms. The fourth-order valence-corrected chi connectivity index (χ4v) is 1.40. The molecule has 0 atom stereocenters. The van der Waals surface area contributed by atoms with Crippen molar-refractivity contribution in [3.05, 3.63) is 41.4 Å². The highest BCUT2D eigenvalue weighted by Gasteiger charge is 2.14. The molecule has 0 spiro atoms. The lowest BCUT2D eigenvalue weighted by Crippen LogP contribution is -2.06. The summed E-state index contributed by atoms with van der Waals surface area (Å²) in [5.41, 5.74) is 0.310. The van der Waals surface area contributed by atoms with Gasteiger partial charge in [-0.25, -0.2) is 4.79 Å². The van der Waals surface area contributed by atoms with Crippen LogP contribution in [0.4, 0.5) is 0 Å². The molecule has 0 N–H and O–H groups in total. The van der Waals surface area contributed by atoms with Crippen LogP contribution in [0.25, 0.3) is 0 Å². The summed E-state index contributed by atoms with van der Waals surface area (Å²) in [7, 11) is 0. The van der Waals surface area contributed by atoms with E-state index >= 15 is 0 Å². The second-order valence-corrected chi connectivity index (χ2v) is 3.32. The van der Waals surface area contributed by atoms with E-state index in [0.717, 1.165) is 0 Å². The Morgan fingerprint density at radius 3 is 2.94 bits per heavy atom. The molecule has 0 fully saturated rings. The number of halogens is 1. The van der Waals surface area contributed by atoms with Crippen molar-refractivity contribution in [3.63, 3.8) is 0 Å². The van der Waals surface area contributed by atoms with Crippen LogP contribution >= 0.6 is 11.6 Å². The lowest BCUT2D eigenvalue weighted by molar-refractivity contribution is 0.0526. The lowest BCUT2D eigenvalue weighted by Gasteiger charge is -2.09. The third-order valence-electron chi connectivity index (χ3n) is 1.82. The van der Waals surface area contributed by atoms with Crippen molar-refractivity contribution in [1.82, 2.24) is 0 Å². The Hall–Kier alpha value is -1.48. The molecule has 1 aromatic carbocycles. The monoisotopic (exact) mass is 240 g/mol. The highest BCUT2D eigenvalue weighted by Crippen LogP contribution is 2.28. The third-order valence-corrected chi connectivity index (χ3v) is 2.21. The van der Waals surface area contributed by atoms with Crippen LogP contribution in [-0.2, 0) is 4.74 Å². The van der Waals surface area contributed by atoms with Crippen LogP contribution in [0.2, 0.25) is 5.02 Å². The molecule has 0 aliphatic rings. The number of benzene rings is 1. The Balaban J connectivity index is 2.93. The molecule has 0 aliphatic carbocycles. The van der Waals surface area contributed by atoms with E-state index in [-0.39, 0.29) is 5.02 Å². The summed E-state index contributed by atoms with van der Waals surface area (Å²) in [5, 5.41) is 0.266. The van der Waals surface area contributed by atoms with Crippen molar-refractivity contribution in [2.75, 3.05) is 13.2 Å². The van der Waals surface area contributed by atoms with Crippen molar-refractivity contribution in [1.29, 1.82) is 0 Å². The Labute approximate surface area is 99.6 Å². The first-order valence-electron chi connectivity index (χ1n) is 4.90. The Morgan fingerprint density at radius 1 is 1.56 bits per heavy atom. The van der Waals surface area contributed by atoms with Crippen LogP contribution in [0.15, 0.2) is 30.9 Å². The smallest absolute Gasteiger partial charge is 0.339 e. The summed E-state index contributed by atoms with van der Waals surface area (Å²) in [6.45, 7) is 5.92. The number of hydrogen-bond acceptors (Lipinski definition) is 3. The van der Waals surface area contributed by atoms with Crippen molar-refractivity contribution in [3.8, 4) is 5.75 Å². The molecule has 3 nitrogen and oxygen atoms in total.